The molecule has 1 aliphatic rings. The summed E-state index contributed by atoms with van der Waals surface area (Å²) in [5.41, 5.74) is 4.49. The molecule has 70 valence electrons. The first-order valence-corrected chi connectivity index (χ1v) is 5.05. The Hall–Kier alpha value is -0.820. The summed E-state index contributed by atoms with van der Waals surface area (Å²) >= 11 is 0. The van der Waals surface area contributed by atoms with Gasteiger partial charge in [0, 0.05) is 6.04 Å². The fourth-order valence-electron chi connectivity index (χ4n) is 2.13. The van der Waals surface area contributed by atoms with Crippen LogP contribution < -0.4 is 5.32 Å². The Morgan fingerprint density at radius 2 is 2.15 bits per heavy atom. The molecule has 1 nitrogen and oxygen atoms in total. The largest absolute Gasteiger partial charge is 0.317 e. The van der Waals surface area contributed by atoms with Crippen molar-refractivity contribution in [1.29, 1.82) is 0 Å². The number of likely N-dealkylation sites (N-methyl/N-ethyl adjacent to an activating group) is 1. The van der Waals surface area contributed by atoms with E-state index in [9.17, 15) is 0 Å². The Bertz CT molecular complexity index is 304. The van der Waals surface area contributed by atoms with Crippen LogP contribution in [0.3, 0.4) is 0 Å². The van der Waals surface area contributed by atoms with Gasteiger partial charge in [-0.1, -0.05) is 23.8 Å². The molecule has 1 aromatic carbocycles. The topological polar surface area (TPSA) is 12.0 Å². The van der Waals surface area contributed by atoms with Crippen LogP contribution in [0.2, 0.25) is 0 Å². The number of hydrogen-bond donors (Lipinski definition) is 1. The minimum Gasteiger partial charge on any atom is -0.317 e. The molecule has 1 aliphatic carbocycles. The maximum absolute atomic E-state index is 3.36. The second-order valence-electron chi connectivity index (χ2n) is 4.00. The molecule has 0 bridgehead atoms. The Morgan fingerprint density at radius 1 is 1.31 bits per heavy atom. The molecule has 1 aromatic rings. The van der Waals surface area contributed by atoms with Crippen LogP contribution in [0.1, 0.15) is 23.1 Å². The third-order valence-electron chi connectivity index (χ3n) is 3.00. The maximum Gasteiger partial charge on any atom is 0.0108 e. The fraction of sp³-hybridized carbons (Fsp3) is 0.500. The van der Waals surface area contributed by atoms with Crippen molar-refractivity contribution in [3.8, 4) is 0 Å². The Balaban J connectivity index is 2.26. The molecule has 0 aliphatic heterocycles. The van der Waals surface area contributed by atoms with Crippen LogP contribution in [-0.2, 0) is 12.8 Å². The van der Waals surface area contributed by atoms with Crippen LogP contribution in [0.15, 0.2) is 18.2 Å². The van der Waals surface area contributed by atoms with Crippen molar-refractivity contribution in [3.05, 3.63) is 34.9 Å². The molecule has 0 aromatic heterocycles. The summed E-state index contributed by atoms with van der Waals surface area (Å²) in [6, 6.07) is 7.53. The van der Waals surface area contributed by atoms with E-state index >= 15 is 0 Å². The zero-order chi connectivity index (χ0) is 9.26. The molecular weight excluding hydrogens is 158 g/mol. The molecule has 13 heavy (non-hydrogen) atoms. The first-order chi connectivity index (χ1) is 6.29. The van der Waals surface area contributed by atoms with Gasteiger partial charge in [-0.25, -0.2) is 0 Å². The minimum atomic E-state index is 0.690. The van der Waals surface area contributed by atoms with Gasteiger partial charge in [0.1, 0.15) is 0 Å². The van der Waals surface area contributed by atoms with Crippen molar-refractivity contribution in [2.75, 3.05) is 7.05 Å². The van der Waals surface area contributed by atoms with Crippen molar-refractivity contribution < 1.29 is 0 Å². The SMILES string of the molecule is CNC1CCc2cc(C)ccc2C1. The molecular formula is C12H17N. The van der Waals surface area contributed by atoms with E-state index in [2.05, 4.69) is 37.5 Å². The second-order valence-corrected chi connectivity index (χ2v) is 4.00. The molecule has 0 heterocycles. The molecule has 1 N–H and O–H groups in total. The fourth-order valence-corrected chi connectivity index (χ4v) is 2.13. The molecule has 0 saturated carbocycles. The van der Waals surface area contributed by atoms with E-state index in [1.807, 2.05) is 0 Å². The van der Waals surface area contributed by atoms with Gasteiger partial charge in [0.15, 0.2) is 0 Å². The summed E-state index contributed by atoms with van der Waals surface area (Å²) in [6.07, 6.45) is 3.72. The van der Waals surface area contributed by atoms with E-state index in [-0.39, 0.29) is 0 Å². The van der Waals surface area contributed by atoms with Gasteiger partial charge in [0.2, 0.25) is 0 Å². The molecule has 2 rings (SSSR count). The first-order valence-electron chi connectivity index (χ1n) is 5.05. The Kier molecular flexibility index (Phi) is 2.36. The summed E-state index contributed by atoms with van der Waals surface area (Å²) < 4.78 is 0. The van der Waals surface area contributed by atoms with Crippen LogP contribution >= 0.6 is 0 Å². The van der Waals surface area contributed by atoms with Crippen LogP contribution in [0, 0.1) is 6.92 Å². The number of aryl methyl sites for hydroxylation is 2. The van der Waals surface area contributed by atoms with Crippen molar-refractivity contribution in [1.82, 2.24) is 5.32 Å². The van der Waals surface area contributed by atoms with E-state index in [4.69, 9.17) is 0 Å². The van der Waals surface area contributed by atoms with E-state index in [1.54, 1.807) is 5.56 Å². The highest BCUT2D eigenvalue weighted by atomic mass is 14.9. The number of rotatable bonds is 1. The van der Waals surface area contributed by atoms with Gasteiger partial charge in [0.25, 0.3) is 0 Å². The highest BCUT2D eigenvalue weighted by Gasteiger charge is 2.16. The van der Waals surface area contributed by atoms with Crippen molar-refractivity contribution >= 4 is 0 Å². The average molecular weight is 175 g/mol. The van der Waals surface area contributed by atoms with Gasteiger partial charge in [-0.05, 0) is 44.4 Å². The molecule has 1 heteroatoms. The second kappa shape index (κ2) is 3.51. The summed E-state index contributed by atoms with van der Waals surface area (Å²) in [4.78, 5) is 0. The zero-order valence-corrected chi connectivity index (χ0v) is 8.43. The van der Waals surface area contributed by atoms with Crippen molar-refractivity contribution in [3.63, 3.8) is 0 Å². The monoisotopic (exact) mass is 175 g/mol. The molecule has 1 atom stereocenters. The van der Waals surface area contributed by atoms with E-state index in [1.165, 1.54) is 30.4 Å². The lowest BCUT2D eigenvalue weighted by molar-refractivity contribution is 0.496. The quantitative estimate of drug-likeness (QED) is 0.689. The summed E-state index contributed by atoms with van der Waals surface area (Å²) in [5.74, 6) is 0. The molecule has 0 radical (unpaired) electrons. The predicted octanol–water partition coefficient (Wildman–Crippen LogP) is 2.07. The van der Waals surface area contributed by atoms with Gasteiger partial charge in [-0.2, -0.15) is 0 Å². The molecule has 0 saturated heterocycles. The predicted molar refractivity (Wildman–Crippen MR) is 56.1 cm³/mol. The maximum atomic E-state index is 3.36. The van der Waals surface area contributed by atoms with Gasteiger partial charge in [0.05, 0.1) is 0 Å². The van der Waals surface area contributed by atoms with E-state index in [0.717, 1.165) is 0 Å². The zero-order valence-electron chi connectivity index (χ0n) is 8.43. The van der Waals surface area contributed by atoms with Crippen LogP contribution in [0.25, 0.3) is 0 Å². The lowest BCUT2D eigenvalue weighted by Gasteiger charge is -2.24. The van der Waals surface area contributed by atoms with Gasteiger partial charge >= 0.3 is 0 Å². The van der Waals surface area contributed by atoms with Crippen molar-refractivity contribution in [2.24, 2.45) is 0 Å². The highest BCUT2D eigenvalue weighted by Crippen LogP contribution is 2.22. The number of hydrogen-bond acceptors (Lipinski definition) is 1. The summed E-state index contributed by atoms with van der Waals surface area (Å²) in [6.45, 7) is 2.17. The Labute approximate surface area is 80.2 Å². The van der Waals surface area contributed by atoms with Gasteiger partial charge in [-0.15, -0.1) is 0 Å². The molecule has 0 amide bonds. The Morgan fingerprint density at radius 3 is 2.92 bits per heavy atom. The highest BCUT2D eigenvalue weighted by molar-refractivity contribution is 5.34. The van der Waals surface area contributed by atoms with Crippen LogP contribution in [-0.4, -0.2) is 13.1 Å². The summed E-state index contributed by atoms with van der Waals surface area (Å²) in [5, 5.41) is 3.36. The van der Waals surface area contributed by atoms with E-state index in [0.29, 0.717) is 6.04 Å². The van der Waals surface area contributed by atoms with Gasteiger partial charge in [-0.3, -0.25) is 0 Å². The normalized spacial score (nSPS) is 21.2. The van der Waals surface area contributed by atoms with Crippen LogP contribution in [0.4, 0.5) is 0 Å². The molecule has 0 spiro atoms. The van der Waals surface area contributed by atoms with Crippen molar-refractivity contribution in [2.45, 2.75) is 32.2 Å². The standard InChI is InChI=1S/C12H17N/c1-9-3-4-11-8-12(13-2)6-5-10(11)7-9/h3-4,7,12-13H,5-6,8H2,1-2H3. The van der Waals surface area contributed by atoms with Crippen LogP contribution in [0.5, 0.6) is 0 Å². The number of benzene rings is 1. The summed E-state index contributed by atoms with van der Waals surface area (Å²) in [7, 11) is 2.06. The van der Waals surface area contributed by atoms with Gasteiger partial charge < -0.3 is 5.32 Å². The third-order valence-corrected chi connectivity index (χ3v) is 3.00. The van der Waals surface area contributed by atoms with E-state index < -0.39 is 0 Å². The smallest absolute Gasteiger partial charge is 0.0108 e. The number of nitrogens with one attached hydrogen (secondary N) is 1. The number of fused-ring (bicyclic) bond motifs is 1. The molecule has 1 unspecified atom stereocenters. The lowest BCUT2D eigenvalue weighted by atomic mass is 9.87. The third kappa shape index (κ3) is 1.75. The average Bonchev–Trinajstić information content (AvgIpc) is 2.17. The lowest BCUT2D eigenvalue weighted by Crippen LogP contribution is -2.31. The molecule has 0 fully saturated rings. The minimum absolute atomic E-state index is 0.690. The first kappa shape index (κ1) is 8.76.